The number of aromatic nitrogens is 2. The first-order chi connectivity index (χ1) is 11.6. The van der Waals surface area contributed by atoms with Gasteiger partial charge in [-0.15, -0.1) is 11.3 Å². The maximum absolute atomic E-state index is 12.8. The predicted octanol–water partition coefficient (Wildman–Crippen LogP) is 2.63. The molecule has 2 aromatic rings. The van der Waals surface area contributed by atoms with E-state index >= 15 is 0 Å². The zero-order valence-corrected chi connectivity index (χ0v) is 15.1. The summed E-state index contributed by atoms with van der Waals surface area (Å²) in [5, 5.41) is 12.7. The molecule has 3 atom stereocenters. The third kappa shape index (κ3) is 3.70. The number of carbonyl (C=O) groups excluding carboxylic acids is 1. The van der Waals surface area contributed by atoms with Crippen LogP contribution in [0.2, 0.25) is 0 Å². The molecule has 1 aliphatic rings. The van der Waals surface area contributed by atoms with E-state index in [9.17, 15) is 9.90 Å². The van der Waals surface area contributed by atoms with Crippen molar-refractivity contribution in [1.29, 1.82) is 0 Å². The van der Waals surface area contributed by atoms with Crippen molar-refractivity contribution >= 4 is 17.2 Å². The molecule has 6 heteroatoms. The van der Waals surface area contributed by atoms with Crippen LogP contribution in [0.1, 0.15) is 36.6 Å². The number of aliphatic hydroxyl groups excluding tert-OH is 1. The van der Waals surface area contributed by atoms with Gasteiger partial charge in [-0.2, -0.15) is 0 Å². The van der Waals surface area contributed by atoms with E-state index in [4.69, 9.17) is 0 Å². The third-order valence-electron chi connectivity index (χ3n) is 4.85. The monoisotopic (exact) mass is 347 g/mol. The molecule has 3 heterocycles. The van der Waals surface area contributed by atoms with Crippen LogP contribution in [0.15, 0.2) is 29.9 Å². The summed E-state index contributed by atoms with van der Waals surface area (Å²) in [4.78, 5) is 20.2. The number of hydrogen-bond donors (Lipinski definition) is 1. The van der Waals surface area contributed by atoms with E-state index < -0.39 is 6.10 Å². The molecule has 3 unspecified atom stereocenters. The summed E-state index contributed by atoms with van der Waals surface area (Å²) >= 11 is 1.70. The lowest BCUT2D eigenvalue weighted by Crippen LogP contribution is -2.44. The normalized spacial score (nSPS) is 20.8. The van der Waals surface area contributed by atoms with Gasteiger partial charge < -0.3 is 14.6 Å². The highest BCUT2D eigenvalue weighted by Crippen LogP contribution is 2.29. The molecule has 0 radical (unpaired) electrons. The average Bonchev–Trinajstić information content (AvgIpc) is 3.25. The first kappa shape index (κ1) is 17.2. The molecule has 0 spiro atoms. The lowest BCUT2D eigenvalue weighted by molar-refractivity contribution is -0.137. The van der Waals surface area contributed by atoms with Crippen molar-refractivity contribution in [3.63, 3.8) is 0 Å². The minimum atomic E-state index is -0.617. The molecule has 3 rings (SSSR count). The first-order valence-corrected chi connectivity index (χ1v) is 9.40. The zero-order chi connectivity index (χ0) is 17.1. The van der Waals surface area contributed by atoms with Gasteiger partial charge in [0.1, 0.15) is 11.9 Å². The Kier molecular flexibility index (Phi) is 5.36. The van der Waals surface area contributed by atoms with Crippen LogP contribution in [-0.4, -0.2) is 38.6 Å². The molecule has 0 bridgehead atoms. The largest absolute Gasteiger partial charge is 0.385 e. The number of hydrogen-bond acceptors (Lipinski definition) is 4. The molecule has 1 amide bonds. The van der Waals surface area contributed by atoms with E-state index in [1.54, 1.807) is 17.5 Å². The summed E-state index contributed by atoms with van der Waals surface area (Å²) < 4.78 is 1.85. The SMILES string of the molecule is CC(Cc1cccs1)C(=O)N1CCCC(C(O)c2nccn2C)C1. The van der Waals surface area contributed by atoms with E-state index in [0.29, 0.717) is 12.4 Å². The number of carbonyl (C=O) groups is 1. The number of aryl methyl sites for hydroxylation is 1. The Morgan fingerprint density at radius 3 is 3.04 bits per heavy atom. The smallest absolute Gasteiger partial charge is 0.225 e. The lowest BCUT2D eigenvalue weighted by atomic mass is 9.91. The summed E-state index contributed by atoms with van der Waals surface area (Å²) in [6, 6.07) is 4.11. The van der Waals surface area contributed by atoms with Gasteiger partial charge in [-0.25, -0.2) is 4.98 Å². The molecule has 5 nitrogen and oxygen atoms in total. The number of thiophene rings is 1. The number of imidazole rings is 1. The number of amides is 1. The summed E-state index contributed by atoms with van der Waals surface area (Å²) in [5.74, 6) is 0.909. The van der Waals surface area contributed by atoms with Crippen LogP contribution in [0.25, 0.3) is 0 Å². The molecular weight excluding hydrogens is 322 g/mol. The quantitative estimate of drug-likeness (QED) is 0.904. The topological polar surface area (TPSA) is 58.4 Å². The summed E-state index contributed by atoms with van der Waals surface area (Å²) in [5.41, 5.74) is 0. The van der Waals surface area contributed by atoms with Gasteiger partial charge in [0.05, 0.1) is 0 Å². The Labute approximate surface area is 146 Å². The number of rotatable bonds is 5. The van der Waals surface area contributed by atoms with Crippen LogP contribution in [0.3, 0.4) is 0 Å². The van der Waals surface area contributed by atoms with Crippen molar-refractivity contribution < 1.29 is 9.90 Å². The molecule has 0 aromatic carbocycles. The van der Waals surface area contributed by atoms with Gasteiger partial charge in [0.15, 0.2) is 0 Å². The van der Waals surface area contributed by atoms with Crippen molar-refractivity contribution in [2.24, 2.45) is 18.9 Å². The van der Waals surface area contributed by atoms with Crippen LogP contribution < -0.4 is 0 Å². The molecule has 0 saturated carbocycles. The average molecular weight is 347 g/mol. The van der Waals surface area contributed by atoms with Crippen LogP contribution in [0, 0.1) is 11.8 Å². The second kappa shape index (κ2) is 7.49. The molecule has 2 aromatic heterocycles. The fourth-order valence-corrected chi connectivity index (χ4v) is 4.31. The summed E-state index contributed by atoms with van der Waals surface area (Å²) in [6.45, 7) is 3.40. The van der Waals surface area contributed by atoms with Gasteiger partial charge in [0, 0.05) is 49.2 Å². The highest BCUT2D eigenvalue weighted by Gasteiger charge is 2.32. The van der Waals surface area contributed by atoms with Crippen molar-refractivity contribution in [3.05, 3.63) is 40.6 Å². The van der Waals surface area contributed by atoms with Crippen molar-refractivity contribution in [3.8, 4) is 0 Å². The van der Waals surface area contributed by atoms with Gasteiger partial charge in [-0.1, -0.05) is 13.0 Å². The third-order valence-corrected chi connectivity index (χ3v) is 5.75. The van der Waals surface area contributed by atoms with E-state index in [-0.39, 0.29) is 17.7 Å². The van der Waals surface area contributed by atoms with Gasteiger partial charge in [-0.05, 0) is 30.7 Å². The number of likely N-dealkylation sites (tertiary alicyclic amines) is 1. The fourth-order valence-electron chi connectivity index (χ4n) is 3.47. The summed E-state index contributed by atoms with van der Waals surface area (Å²) in [7, 11) is 1.89. The standard InChI is InChI=1S/C18H25N3O2S/c1-13(11-15-6-4-10-24-15)18(23)21-8-3-5-14(12-21)16(22)17-19-7-9-20(17)2/h4,6-7,9-10,13-14,16,22H,3,5,8,11-12H2,1-2H3. The second-order valence-electron chi connectivity index (χ2n) is 6.71. The maximum Gasteiger partial charge on any atom is 0.225 e. The Morgan fingerprint density at radius 1 is 1.54 bits per heavy atom. The van der Waals surface area contributed by atoms with Crippen molar-refractivity contribution in [2.75, 3.05) is 13.1 Å². The Balaban J connectivity index is 1.62. The van der Waals surface area contributed by atoms with Gasteiger partial charge in [-0.3, -0.25) is 4.79 Å². The Bertz CT molecular complexity index is 668. The van der Waals surface area contributed by atoms with Crippen LogP contribution in [-0.2, 0) is 18.3 Å². The number of nitrogens with zero attached hydrogens (tertiary/aromatic N) is 3. The molecule has 1 saturated heterocycles. The Hall–Kier alpha value is -1.66. The Morgan fingerprint density at radius 2 is 2.38 bits per heavy atom. The molecule has 1 aliphatic heterocycles. The molecule has 1 N–H and O–H groups in total. The number of piperidine rings is 1. The van der Waals surface area contributed by atoms with Gasteiger partial charge in [0.25, 0.3) is 0 Å². The number of aliphatic hydroxyl groups is 1. The highest BCUT2D eigenvalue weighted by molar-refractivity contribution is 7.09. The molecule has 0 aliphatic carbocycles. The molecular formula is C18H25N3O2S. The van der Waals surface area contributed by atoms with Crippen molar-refractivity contribution in [2.45, 2.75) is 32.3 Å². The first-order valence-electron chi connectivity index (χ1n) is 8.52. The second-order valence-corrected chi connectivity index (χ2v) is 7.74. The fraction of sp³-hybridized carbons (Fsp3) is 0.556. The minimum absolute atomic E-state index is 0.0206. The zero-order valence-electron chi connectivity index (χ0n) is 14.3. The van der Waals surface area contributed by atoms with Gasteiger partial charge in [0.2, 0.25) is 5.91 Å². The van der Waals surface area contributed by atoms with E-state index in [2.05, 4.69) is 11.1 Å². The van der Waals surface area contributed by atoms with Crippen LogP contribution >= 0.6 is 11.3 Å². The lowest BCUT2D eigenvalue weighted by Gasteiger charge is -2.36. The van der Waals surface area contributed by atoms with Crippen LogP contribution in [0.4, 0.5) is 0 Å². The minimum Gasteiger partial charge on any atom is -0.385 e. The highest BCUT2D eigenvalue weighted by atomic mass is 32.1. The molecule has 24 heavy (non-hydrogen) atoms. The summed E-state index contributed by atoms with van der Waals surface area (Å²) in [6.07, 6.45) is 5.58. The van der Waals surface area contributed by atoms with E-state index in [1.807, 2.05) is 41.1 Å². The molecule has 130 valence electrons. The van der Waals surface area contributed by atoms with Crippen molar-refractivity contribution in [1.82, 2.24) is 14.5 Å². The van der Waals surface area contributed by atoms with E-state index in [0.717, 1.165) is 25.8 Å². The van der Waals surface area contributed by atoms with E-state index in [1.165, 1.54) is 4.88 Å². The molecule has 1 fully saturated rings. The van der Waals surface area contributed by atoms with Crippen LogP contribution in [0.5, 0.6) is 0 Å². The maximum atomic E-state index is 12.8. The van der Waals surface area contributed by atoms with Gasteiger partial charge >= 0.3 is 0 Å². The predicted molar refractivity (Wildman–Crippen MR) is 94.7 cm³/mol.